The first-order chi connectivity index (χ1) is 12.5. The molecule has 1 saturated heterocycles. The lowest BCUT2D eigenvalue weighted by Crippen LogP contribution is -2.46. The number of nitrogens with zero attached hydrogens (tertiary/aromatic N) is 1. The predicted octanol–water partition coefficient (Wildman–Crippen LogP) is 3.74. The molecule has 6 heteroatoms. The van der Waals surface area contributed by atoms with E-state index < -0.39 is 5.54 Å². The number of urea groups is 1. The summed E-state index contributed by atoms with van der Waals surface area (Å²) < 4.78 is 6.27. The molecule has 1 spiro atoms. The normalized spacial score (nSPS) is 21.7. The lowest BCUT2D eigenvalue weighted by atomic mass is 9.76. The minimum atomic E-state index is -0.952. The Hall–Kier alpha value is -2.34. The number of carbonyl (C=O) groups is 2. The summed E-state index contributed by atoms with van der Waals surface area (Å²) in [6.45, 7) is 0.269. The molecule has 4 rings (SSSR count). The van der Waals surface area contributed by atoms with Crippen LogP contribution in [0.3, 0.4) is 0 Å². The van der Waals surface area contributed by atoms with Crippen molar-refractivity contribution in [2.24, 2.45) is 0 Å². The van der Waals surface area contributed by atoms with Gasteiger partial charge in [-0.3, -0.25) is 9.69 Å². The maximum atomic E-state index is 13.3. The molecule has 134 valence electrons. The fourth-order valence-electron chi connectivity index (χ4n) is 3.89. The molecule has 26 heavy (non-hydrogen) atoms. The van der Waals surface area contributed by atoms with E-state index in [1.807, 2.05) is 42.5 Å². The molecule has 0 radical (unpaired) electrons. The topological polar surface area (TPSA) is 58.6 Å². The Morgan fingerprint density at radius 1 is 1.19 bits per heavy atom. The maximum absolute atomic E-state index is 13.3. The Morgan fingerprint density at radius 3 is 2.69 bits per heavy atom. The Morgan fingerprint density at radius 2 is 1.96 bits per heavy atom. The van der Waals surface area contributed by atoms with Gasteiger partial charge in [-0.2, -0.15) is 0 Å². The van der Waals surface area contributed by atoms with E-state index in [4.69, 9.17) is 4.74 Å². The molecule has 0 unspecified atom stereocenters. The van der Waals surface area contributed by atoms with Gasteiger partial charge in [0.15, 0.2) is 0 Å². The molecule has 0 saturated carbocycles. The first kappa shape index (κ1) is 17.1. The number of imide groups is 1. The van der Waals surface area contributed by atoms with Crippen LogP contribution >= 0.6 is 15.9 Å². The van der Waals surface area contributed by atoms with E-state index in [1.54, 1.807) is 7.11 Å². The van der Waals surface area contributed by atoms with Crippen LogP contribution in [0.1, 0.15) is 29.5 Å². The van der Waals surface area contributed by atoms with Crippen molar-refractivity contribution in [3.05, 3.63) is 63.6 Å². The fourth-order valence-corrected chi connectivity index (χ4v) is 4.16. The zero-order valence-corrected chi connectivity index (χ0v) is 16.0. The predicted molar refractivity (Wildman–Crippen MR) is 101 cm³/mol. The lowest BCUT2D eigenvalue weighted by molar-refractivity contribution is -0.132. The molecule has 1 atom stereocenters. The number of carbonyl (C=O) groups excluding carboxylic acids is 2. The average Bonchev–Trinajstić information content (AvgIpc) is 2.88. The molecule has 2 aromatic rings. The van der Waals surface area contributed by atoms with Crippen LogP contribution in [-0.2, 0) is 23.3 Å². The second kappa shape index (κ2) is 6.43. The summed E-state index contributed by atoms with van der Waals surface area (Å²) in [6.07, 6.45) is 2.34. The van der Waals surface area contributed by atoms with Gasteiger partial charge in [0.1, 0.15) is 11.3 Å². The minimum Gasteiger partial charge on any atom is -0.497 e. The highest BCUT2D eigenvalue weighted by Gasteiger charge is 2.53. The van der Waals surface area contributed by atoms with E-state index in [9.17, 15) is 9.59 Å². The van der Waals surface area contributed by atoms with Crippen molar-refractivity contribution in [1.29, 1.82) is 0 Å². The maximum Gasteiger partial charge on any atom is 0.325 e. The lowest BCUT2D eigenvalue weighted by Gasteiger charge is -2.33. The van der Waals surface area contributed by atoms with Gasteiger partial charge in [-0.05, 0) is 60.2 Å². The summed E-state index contributed by atoms with van der Waals surface area (Å²) in [4.78, 5) is 27.2. The smallest absolute Gasteiger partial charge is 0.325 e. The number of hydrogen-bond donors (Lipinski definition) is 1. The number of fused-ring (bicyclic) bond motifs is 2. The van der Waals surface area contributed by atoms with Crippen molar-refractivity contribution in [2.45, 2.75) is 31.3 Å². The molecule has 0 aromatic heterocycles. The summed E-state index contributed by atoms with van der Waals surface area (Å²) in [5, 5.41) is 2.98. The standard InChI is InChI=1S/C20H19BrN2O3/c1-26-16-8-9-17-14(11-16)3-2-10-20(17)18(24)23(19(25)22-20)12-13-4-6-15(21)7-5-13/h4-9,11H,2-3,10,12H2,1H3,(H,22,25)/t20-/m0/s1. The van der Waals surface area contributed by atoms with Crippen LogP contribution in [0.25, 0.3) is 0 Å². The van der Waals surface area contributed by atoms with Gasteiger partial charge in [-0.25, -0.2) is 4.79 Å². The van der Waals surface area contributed by atoms with Crippen LogP contribution in [0.15, 0.2) is 46.9 Å². The van der Waals surface area contributed by atoms with Crippen LogP contribution in [0.5, 0.6) is 5.75 Å². The van der Waals surface area contributed by atoms with Crippen LogP contribution in [0.2, 0.25) is 0 Å². The monoisotopic (exact) mass is 414 g/mol. The molecular formula is C20H19BrN2O3. The van der Waals surface area contributed by atoms with Crippen LogP contribution in [0, 0.1) is 0 Å². The molecule has 1 heterocycles. The number of halogens is 1. The summed E-state index contributed by atoms with van der Waals surface area (Å²) >= 11 is 3.40. The third-order valence-electron chi connectivity index (χ3n) is 5.20. The van der Waals surface area contributed by atoms with E-state index >= 15 is 0 Å². The van der Waals surface area contributed by atoms with Gasteiger partial charge in [0.25, 0.3) is 5.91 Å². The number of benzene rings is 2. The van der Waals surface area contributed by atoms with Gasteiger partial charge in [0.05, 0.1) is 13.7 Å². The molecule has 1 aliphatic heterocycles. The van der Waals surface area contributed by atoms with Crippen molar-refractivity contribution < 1.29 is 14.3 Å². The van der Waals surface area contributed by atoms with Gasteiger partial charge >= 0.3 is 6.03 Å². The second-order valence-electron chi connectivity index (χ2n) is 6.73. The van der Waals surface area contributed by atoms with Crippen LogP contribution < -0.4 is 10.1 Å². The third-order valence-corrected chi connectivity index (χ3v) is 5.73. The molecule has 0 bridgehead atoms. The Bertz CT molecular complexity index is 881. The summed E-state index contributed by atoms with van der Waals surface area (Å²) in [7, 11) is 1.63. The van der Waals surface area contributed by atoms with Crippen molar-refractivity contribution in [2.75, 3.05) is 7.11 Å². The number of nitrogens with one attached hydrogen (secondary N) is 1. The zero-order chi connectivity index (χ0) is 18.3. The fraction of sp³-hybridized carbons (Fsp3) is 0.300. The van der Waals surface area contributed by atoms with Crippen LogP contribution in [-0.4, -0.2) is 23.9 Å². The van der Waals surface area contributed by atoms with Gasteiger partial charge < -0.3 is 10.1 Å². The van der Waals surface area contributed by atoms with Crippen molar-refractivity contribution >= 4 is 27.9 Å². The van der Waals surface area contributed by atoms with Gasteiger partial charge in [-0.1, -0.05) is 34.1 Å². The van der Waals surface area contributed by atoms with Crippen molar-refractivity contribution in [1.82, 2.24) is 10.2 Å². The molecule has 2 aliphatic rings. The van der Waals surface area contributed by atoms with Crippen LogP contribution in [0.4, 0.5) is 4.79 Å². The van der Waals surface area contributed by atoms with Gasteiger partial charge in [0, 0.05) is 4.47 Å². The molecule has 3 amide bonds. The highest BCUT2D eigenvalue weighted by molar-refractivity contribution is 9.10. The van der Waals surface area contributed by atoms with E-state index in [1.165, 1.54) is 4.90 Å². The molecule has 1 fully saturated rings. The Kier molecular flexibility index (Phi) is 4.23. The number of aryl methyl sites for hydroxylation is 1. The minimum absolute atomic E-state index is 0.170. The summed E-state index contributed by atoms with van der Waals surface area (Å²) in [6, 6.07) is 13.0. The number of hydrogen-bond acceptors (Lipinski definition) is 3. The number of amides is 3. The molecule has 1 N–H and O–H groups in total. The highest BCUT2D eigenvalue weighted by atomic mass is 79.9. The number of rotatable bonds is 3. The van der Waals surface area contributed by atoms with E-state index in [0.717, 1.165) is 39.8 Å². The second-order valence-corrected chi connectivity index (χ2v) is 7.65. The summed E-state index contributed by atoms with van der Waals surface area (Å²) in [5.41, 5.74) is 1.92. The molecule has 5 nitrogen and oxygen atoms in total. The molecular weight excluding hydrogens is 396 g/mol. The van der Waals surface area contributed by atoms with Gasteiger partial charge in [-0.15, -0.1) is 0 Å². The van der Waals surface area contributed by atoms with E-state index in [2.05, 4.69) is 21.2 Å². The van der Waals surface area contributed by atoms with Crippen molar-refractivity contribution in [3.63, 3.8) is 0 Å². The van der Waals surface area contributed by atoms with Gasteiger partial charge in [0.2, 0.25) is 0 Å². The third kappa shape index (κ3) is 2.69. The first-order valence-corrected chi connectivity index (χ1v) is 9.39. The number of methoxy groups -OCH3 is 1. The molecule has 1 aliphatic carbocycles. The number of ether oxygens (including phenoxy) is 1. The zero-order valence-electron chi connectivity index (χ0n) is 14.4. The van der Waals surface area contributed by atoms with E-state index in [0.29, 0.717) is 6.42 Å². The quantitative estimate of drug-likeness (QED) is 0.778. The summed E-state index contributed by atoms with van der Waals surface area (Å²) in [5.74, 6) is 0.598. The highest BCUT2D eigenvalue weighted by Crippen LogP contribution is 2.41. The van der Waals surface area contributed by atoms with E-state index in [-0.39, 0.29) is 18.5 Å². The van der Waals surface area contributed by atoms with Crippen molar-refractivity contribution in [3.8, 4) is 5.75 Å². The average molecular weight is 415 g/mol. The molecule has 2 aromatic carbocycles. The SMILES string of the molecule is COc1ccc2c(c1)CCC[C@]21NC(=O)N(Cc2ccc(Br)cc2)C1=O. The Balaban J connectivity index is 1.68. The first-order valence-electron chi connectivity index (χ1n) is 8.59. The Labute approximate surface area is 160 Å². The largest absolute Gasteiger partial charge is 0.497 e.